The zero-order chi connectivity index (χ0) is 17.6. The number of carbonyl (C=O) groups excluding carboxylic acids is 2. The maximum atomic E-state index is 13.1. The Morgan fingerprint density at radius 2 is 1.72 bits per heavy atom. The third-order valence-electron chi connectivity index (χ3n) is 4.65. The number of benzene rings is 2. The molecule has 2 aliphatic heterocycles. The third-order valence-corrected chi connectivity index (χ3v) is 4.65. The average molecular weight is 335 g/mol. The molecule has 0 aliphatic carbocycles. The van der Waals surface area contributed by atoms with Crippen molar-refractivity contribution in [1.29, 1.82) is 0 Å². The normalized spacial score (nSPS) is 20.0. The molecule has 2 aliphatic rings. The smallest absolute Gasteiger partial charge is 0.322 e. The van der Waals surface area contributed by atoms with Gasteiger partial charge in [-0.1, -0.05) is 30.3 Å². The van der Waals surface area contributed by atoms with Crippen LogP contribution in [0.4, 0.5) is 10.5 Å². The number of aromatic hydroxyl groups is 1. The molecule has 3 amide bonds. The molecule has 0 saturated carbocycles. The molecule has 6 nitrogen and oxygen atoms in total. The van der Waals surface area contributed by atoms with Crippen LogP contribution < -0.4 is 10.2 Å². The molecular formula is C19H17N3O3. The Morgan fingerprint density at radius 1 is 1.04 bits per heavy atom. The molecule has 126 valence electrons. The summed E-state index contributed by atoms with van der Waals surface area (Å²) in [6, 6.07) is 15.2. The summed E-state index contributed by atoms with van der Waals surface area (Å²) < 4.78 is 0. The SMILES string of the molecule is CN1C(=O)NC(c2ccc(O)cc2)C2=C1CN(c1ccccc1)C2=O. The van der Waals surface area contributed by atoms with Gasteiger partial charge in [-0.15, -0.1) is 0 Å². The first kappa shape index (κ1) is 15.3. The van der Waals surface area contributed by atoms with E-state index in [9.17, 15) is 14.7 Å². The van der Waals surface area contributed by atoms with Gasteiger partial charge in [-0.25, -0.2) is 4.79 Å². The summed E-state index contributed by atoms with van der Waals surface area (Å²) in [4.78, 5) is 28.6. The first-order valence-electron chi connectivity index (χ1n) is 7.99. The number of hydrogen-bond acceptors (Lipinski definition) is 3. The standard InChI is InChI=1S/C19H17N3O3/c1-21-15-11-22(13-5-3-2-4-6-13)18(24)16(15)17(20-19(21)25)12-7-9-14(23)10-8-12/h2-10,17,23H,11H2,1H3,(H,20,25). The van der Waals surface area contributed by atoms with Crippen LogP contribution in [-0.4, -0.2) is 35.5 Å². The summed E-state index contributed by atoms with van der Waals surface area (Å²) in [5.74, 6) is 0.0204. The van der Waals surface area contributed by atoms with Crippen molar-refractivity contribution < 1.29 is 14.7 Å². The van der Waals surface area contributed by atoms with Crippen LogP contribution in [-0.2, 0) is 4.79 Å². The fourth-order valence-corrected chi connectivity index (χ4v) is 3.30. The van der Waals surface area contributed by atoms with E-state index >= 15 is 0 Å². The Morgan fingerprint density at radius 3 is 2.40 bits per heavy atom. The maximum Gasteiger partial charge on any atom is 0.322 e. The quantitative estimate of drug-likeness (QED) is 0.885. The van der Waals surface area contributed by atoms with Crippen LogP contribution >= 0.6 is 0 Å². The summed E-state index contributed by atoms with van der Waals surface area (Å²) in [5.41, 5.74) is 2.83. The fourth-order valence-electron chi connectivity index (χ4n) is 3.30. The lowest BCUT2D eigenvalue weighted by Gasteiger charge is -2.31. The minimum absolute atomic E-state index is 0.119. The van der Waals surface area contributed by atoms with Crippen LogP contribution in [0.25, 0.3) is 0 Å². The highest BCUT2D eigenvalue weighted by Crippen LogP contribution is 2.37. The van der Waals surface area contributed by atoms with Gasteiger partial charge < -0.3 is 15.3 Å². The molecule has 0 saturated heterocycles. The van der Waals surface area contributed by atoms with Crippen molar-refractivity contribution in [2.45, 2.75) is 6.04 Å². The van der Waals surface area contributed by atoms with Crippen LogP contribution in [0.2, 0.25) is 0 Å². The number of amides is 3. The van der Waals surface area contributed by atoms with Crippen LogP contribution in [0, 0.1) is 0 Å². The second-order valence-corrected chi connectivity index (χ2v) is 6.12. The van der Waals surface area contributed by atoms with Gasteiger partial charge in [-0.3, -0.25) is 9.69 Å². The highest BCUT2D eigenvalue weighted by Gasteiger charge is 2.43. The number of phenols is 1. The van der Waals surface area contributed by atoms with Crippen molar-refractivity contribution in [3.8, 4) is 5.75 Å². The number of rotatable bonds is 2. The van der Waals surface area contributed by atoms with Crippen LogP contribution in [0.15, 0.2) is 65.9 Å². The van der Waals surface area contributed by atoms with Gasteiger partial charge in [0.25, 0.3) is 5.91 Å². The van der Waals surface area contributed by atoms with Crippen LogP contribution in [0.1, 0.15) is 11.6 Å². The van der Waals surface area contributed by atoms with Crippen molar-refractivity contribution in [1.82, 2.24) is 10.2 Å². The molecule has 25 heavy (non-hydrogen) atoms. The minimum Gasteiger partial charge on any atom is -0.508 e. The molecule has 1 unspecified atom stereocenters. The second-order valence-electron chi connectivity index (χ2n) is 6.12. The van der Waals surface area contributed by atoms with Gasteiger partial charge in [0, 0.05) is 12.7 Å². The molecule has 0 bridgehead atoms. The van der Waals surface area contributed by atoms with E-state index in [4.69, 9.17) is 0 Å². The van der Waals surface area contributed by atoms with E-state index in [2.05, 4.69) is 5.32 Å². The lowest BCUT2D eigenvalue weighted by Crippen LogP contribution is -2.45. The van der Waals surface area contributed by atoms with E-state index in [-0.39, 0.29) is 17.7 Å². The van der Waals surface area contributed by atoms with E-state index < -0.39 is 6.04 Å². The van der Waals surface area contributed by atoms with E-state index in [0.29, 0.717) is 17.8 Å². The topological polar surface area (TPSA) is 72.9 Å². The van der Waals surface area contributed by atoms with Gasteiger partial charge in [0.1, 0.15) is 5.75 Å². The largest absolute Gasteiger partial charge is 0.508 e. The summed E-state index contributed by atoms with van der Waals surface area (Å²) in [6.45, 7) is 0.358. The van der Waals surface area contributed by atoms with E-state index in [1.807, 2.05) is 30.3 Å². The molecule has 0 fully saturated rings. The Labute approximate surface area is 145 Å². The number of nitrogens with zero attached hydrogens (tertiary/aromatic N) is 2. The first-order valence-corrected chi connectivity index (χ1v) is 7.99. The van der Waals surface area contributed by atoms with Crippen molar-refractivity contribution >= 4 is 17.6 Å². The number of nitrogens with one attached hydrogen (secondary N) is 1. The molecule has 1 atom stereocenters. The number of likely N-dealkylation sites (N-methyl/N-ethyl adjacent to an activating group) is 1. The summed E-state index contributed by atoms with van der Waals surface area (Å²) in [7, 11) is 1.67. The predicted molar refractivity (Wildman–Crippen MR) is 93.0 cm³/mol. The summed E-state index contributed by atoms with van der Waals surface area (Å²) in [6.07, 6.45) is 0. The summed E-state index contributed by atoms with van der Waals surface area (Å²) >= 11 is 0. The van der Waals surface area contributed by atoms with E-state index in [1.54, 1.807) is 36.2 Å². The molecular weight excluding hydrogens is 318 g/mol. The lowest BCUT2D eigenvalue weighted by atomic mass is 9.95. The number of urea groups is 1. The highest BCUT2D eigenvalue weighted by atomic mass is 16.3. The Kier molecular flexibility index (Phi) is 3.46. The van der Waals surface area contributed by atoms with Crippen molar-refractivity contribution in [3.05, 3.63) is 71.4 Å². The third kappa shape index (κ3) is 2.42. The van der Waals surface area contributed by atoms with Crippen molar-refractivity contribution in [2.75, 3.05) is 18.5 Å². The number of carbonyl (C=O) groups is 2. The number of para-hydroxylation sites is 1. The Hall–Kier alpha value is -3.28. The number of phenolic OH excluding ortho intramolecular Hbond substituents is 1. The van der Waals surface area contributed by atoms with Gasteiger partial charge in [0.15, 0.2) is 0 Å². The minimum atomic E-state index is -0.527. The molecule has 2 N–H and O–H groups in total. The van der Waals surface area contributed by atoms with Crippen LogP contribution in [0.5, 0.6) is 5.75 Å². The second kappa shape index (κ2) is 5.66. The molecule has 0 spiro atoms. The van der Waals surface area contributed by atoms with Gasteiger partial charge in [0.05, 0.1) is 23.9 Å². The van der Waals surface area contributed by atoms with E-state index in [0.717, 1.165) is 11.3 Å². The van der Waals surface area contributed by atoms with Crippen molar-refractivity contribution in [2.24, 2.45) is 0 Å². The van der Waals surface area contributed by atoms with Crippen LogP contribution in [0.3, 0.4) is 0 Å². The lowest BCUT2D eigenvalue weighted by molar-refractivity contribution is -0.114. The molecule has 0 aromatic heterocycles. The van der Waals surface area contributed by atoms with Gasteiger partial charge in [-0.05, 0) is 29.8 Å². The Bertz CT molecular complexity index is 875. The predicted octanol–water partition coefficient (Wildman–Crippen LogP) is 2.39. The number of hydrogen-bond donors (Lipinski definition) is 2. The zero-order valence-electron chi connectivity index (χ0n) is 13.6. The van der Waals surface area contributed by atoms with Gasteiger partial charge in [0.2, 0.25) is 0 Å². The van der Waals surface area contributed by atoms with Gasteiger partial charge in [-0.2, -0.15) is 0 Å². The maximum absolute atomic E-state index is 13.1. The molecule has 4 rings (SSSR count). The molecule has 2 heterocycles. The average Bonchev–Trinajstić information content (AvgIpc) is 2.97. The van der Waals surface area contributed by atoms with E-state index in [1.165, 1.54) is 4.90 Å². The Balaban J connectivity index is 1.77. The highest BCUT2D eigenvalue weighted by molar-refractivity contribution is 6.11. The molecule has 0 radical (unpaired) electrons. The van der Waals surface area contributed by atoms with Gasteiger partial charge >= 0.3 is 6.03 Å². The monoisotopic (exact) mass is 335 g/mol. The first-order chi connectivity index (χ1) is 12.1. The summed E-state index contributed by atoms with van der Waals surface area (Å²) in [5, 5.41) is 12.4. The molecule has 2 aromatic carbocycles. The number of anilines is 1. The van der Waals surface area contributed by atoms with Crippen molar-refractivity contribution in [3.63, 3.8) is 0 Å². The molecule has 2 aromatic rings. The zero-order valence-corrected chi connectivity index (χ0v) is 13.6. The fraction of sp³-hybridized carbons (Fsp3) is 0.158. The molecule has 6 heteroatoms.